The topological polar surface area (TPSA) is 90.3 Å². The first-order chi connectivity index (χ1) is 7.41. The maximum absolute atomic E-state index is 11.7. The fourth-order valence-electron chi connectivity index (χ4n) is 1.37. The van der Waals surface area contributed by atoms with E-state index in [1.807, 2.05) is 0 Å². The van der Waals surface area contributed by atoms with E-state index >= 15 is 0 Å². The summed E-state index contributed by atoms with van der Waals surface area (Å²) in [6.07, 6.45) is 1.40. The quantitative estimate of drug-likeness (QED) is 0.361. The van der Waals surface area contributed by atoms with Gasteiger partial charge in [-0.05, 0) is 40.8 Å². The SMILES string of the molecule is O=S(=O)(O)c1cc(I)c([O-])c2ncccc12.[Na+]. The molecule has 0 spiro atoms. The first-order valence-electron chi connectivity index (χ1n) is 4.13. The number of rotatable bonds is 1. The van der Waals surface area contributed by atoms with Gasteiger partial charge in [-0.15, -0.1) is 0 Å². The summed E-state index contributed by atoms with van der Waals surface area (Å²) in [6, 6.07) is 4.08. The Balaban J connectivity index is 0.00000144. The molecule has 0 aliphatic rings. The Kier molecular flexibility index (Phi) is 4.78. The maximum Gasteiger partial charge on any atom is 1.00 e. The van der Waals surface area contributed by atoms with Gasteiger partial charge in [0.25, 0.3) is 10.1 Å². The van der Waals surface area contributed by atoms with Crippen molar-refractivity contribution in [2.24, 2.45) is 0 Å². The van der Waals surface area contributed by atoms with Crippen molar-refractivity contribution < 1.29 is 47.6 Å². The van der Waals surface area contributed by atoms with Crippen molar-refractivity contribution in [1.29, 1.82) is 0 Å². The number of pyridine rings is 1. The molecule has 0 atom stereocenters. The van der Waals surface area contributed by atoms with E-state index in [9.17, 15) is 13.5 Å². The zero-order valence-corrected chi connectivity index (χ0v) is 13.7. The van der Waals surface area contributed by atoms with Gasteiger partial charge in [-0.1, -0.05) is 5.75 Å². The van der Waals surface area contributed by atoms with Gasteiger partial charge in [-0.25, -0.2) is 0 Å². The second kappa shape index (κ2) is 5.37. The Morgan fingerprint density at radius 2 is 2.06 bits per heavy atom. The van der Waals surface area contributed by atoms with Gasteiger partial charge in [-0.3, -0.25) is 9.54 Å². The zero-order valence-electron chi connectivity index (χ0n) is 8.71. The molecule has 1 aromatic heterocycles. The molecule has 1 N–H and O–H groups in total. The molecule has 2 aromatic rings. The first kappa shape index (κ1) is 15.1. The van der Waals surface area contributed by atoms with Crippen LogP contribution in [0.5, 0.6) is 5.75 Å². The number of aromatic nitrogens is 1. The molecule has 2 rings (SSSR count). The summed E-state index contributed by atoms with van der Waals surface area (Å²) in [5, 5.41) is 11.8. The summed E-state index contributed by atoms with van der Waals surface area (Å²) in [7, 11) is -4.35. The molecule has 0 bridgehead atoms. The van der Waals surface area contributed by atoms with Crippen LogP contribution in [0.4, 0.5) is 0 Å². The van der Waals surface area contributed by atoms with E-state index in [0.29, 0.717) is 0 Å². The molecule has 1 heterocycles. The predicted octanol–water partition coefficient (Wildman–Crippen LogP) is -1.84. The summed E-state index contributed by atoms with van der Waals surface area (Å²) in [6.45, 7) is 0. The van der Waals surface area contributed by atoms with Gasteiger partial charge in [0.2, 0.25) is 0 Å². The van der Waals surface area contributed by atoms with Crippen molar-refractivity contribution >= 4 is 43.6 Å². The van der Waals surface area contributed by atoms with Crippen molar-refractivity contribution in [3.8, 4) is 5.75 Å². The van der Waals surface area contributed by atoms with Gasteiger partial charge < -0.3 is 5.11 Å². The van der Waals surface area contributed by atoms with Crippen molar-refractivity contribution in [1.82, 2.24) is 4.98 Å². The molecule has 8 heteroatoms. The van der Waals surface area contributed by atoms with Crippen molar-refractivity contribution in [3.05, 3.63) is 28.0 Å². The third-order valence-electron chi connectivity index (χ3n) is 2.04. The van der Waals surface area contributed by atoms with Gasteiger partial charge >= 0.3 is 29.6 Å². The molecular formula is C9H5INNaO4S. The third kappa shape index (κ3) is 2.91. The van der Waals surface area contributed by atoms with Crippen LogP contribution in [-0.4, -0.2) is 18.0 Å². The maximum atomic E-state index is 11.7. The van der Waals surface area contributed by atoms with Crippen molar-refractivity contribution in [2.45, 2.75) is 4.90 Å². The molecule has 0 amide bonds. The monoisotopic (exact) mass is 373 g/mol. The molecular weight excluding hydrogens is 368 g/mol. The van der Waals surface area contributed by atoms with Crippen LogP contribution in [0.1, 0.15) is 0 Å². The summed E-state index contributed by atoms with van der Waals surface area (Å²) in [5.41, 5.74) is 0.0435. The minimum Gasteiger partial charge on any atom is -0.870 e. The molecule has 0 unspecified atom stereocenters. The summed E-state index contributed by atoms with van der Waals surface area (Å²) < 4.78 is 31.5. The number of benzene rings is 1. The number of halogens is 1. The summed E-state index contributed by atoms with van der Waals surface area (Å²) in [4.78, 5) is 3.53. The van der Waals surface area contributed by atoms with Gasteiger partial charge in [0.05, 0.1) is 5.52 Å². The Hall–Kier alpha value is 0.0700. The second-order valence-electron chi connectivity index (χ2n) is 3.06. The summed E-state index contributed by atoms with van der Waals surface area (Å²) >= 11 is 1.71. The molecule has 0 aliphatic carbocycles. The van der Waals surface area contributed by atoms with E-state index in [2.05, 4.69) is 4.98 Å². The standard InChI is InChI=1S/C9H6INO4S.Na/c10-6-4-7(16(13,14)15)5-2-1-3-11-8(5)9(6)12;/h1-4,12H,(H,13,14,15);/q;+1/p-1. The van der Waals surface area contributed by atoms with E-state index in [4.69, 9.17) is 4.55 Å². The van der Waals surface area contributed by atoms with E-state index < -0.39 is 10.1 Å². The summed E-state index contributed by atoms with van der Waals surface area (Å²) in [5.74, 6) is -0.344. The molecule has 0 aliphatic heterocycles. The minimum atomic E-state index is -4.35. The molecule has 5 nitrogen and oxygen atoms in total. The second-order valence-corrected chi connectivity index (χ2v) is 5.61. The van der Waals surface area contributed by atoms with Crippen LogP contribution >= 0.6 is 22.6 Å². The molecule has 0 radical (unpaired) electrons. The Morgan fingerprint density at radius 1 is 1.41 bits per heavy atom. The van der Waals surface area contributed by atoms with Gasteiger partial charge in [-0.2, -0.15) is 8.42 Å². The molecule has 0 saturated heterocycles. The zero-order chi connectivity index (χ0) is 11.9. The minimum absolute atomic E-state index is 0. The van der Waals surface area contributed by atoms with E-state index in [-0.39, 0.29) is 54.7 Å². The fourth-order valence-corrected chi connectivity index (χ4v) is 2.86. The fraction of sp³-hybridized carbons (Fsp3) is 0. The number of nitrogens with zero attached hydrogens (tertiary/aromatic N) is 1. The Bertz CT molecular complexity index is 674. The van der Waals surface area contributed by atoms with Crippen LogP contribution < -0.4 is 34.7 Å². The molecule has 84 valence electrons. The normalized spacial score (nSPS) is 11.2. The van der Waals surface area contributed by atoms with Gasteiger partial charge in [0, 0.05) is 15.2 Å². The van der Waals surface area contributed by atoms with Crippen LogP contribution in [-0.2, 0) is 10.1 Å². The number of fused-ring (bicyclic) bond motifs is 1. The third-order valence-corrected chi connectivity index (χ3v) is 3.74. The van der Waals surface area contributed by atoms with E-state index in [1.54, 1.807) is 22.6 Å². The molecule has 0 fully saturated rings. The van der Waals surface area contributed by atoms with Crippen LogP contribution in [0.3, 0.4) is 0 Å². The van der Waals surface area contributed by atoms with Crippen LogP contribution in [0.15, 0.2) is 29.3 Å². The average Bonchev–Trinajstić information content (AvgIpc) is 2.22. The van der Waals surface area contributed by atoms with Gasteiger partial charge in [0.1, 0.15) is 4.90 Å². The molecule has 17 heavy (non-hydrogen) atoms. The van der Waals surface area contributed by atoms with E-state index in [1.165, 1.54) is 18.3 Å². The van der Waals surface area contributed by atoms with Crippen LogP contribution in [0.2, 0.25) is 0 Å². The van der Waals surface area contributed by atoms with Crippen LogP contribution in [0, 0.1) is 3.57 Å². The smallest absolute Gasteiger partial charge is 0.870 e. The number of hydrogen-bond donors (Lipinski definition) is 1. The first-order valence-corrected chi connectivity index (χ1v) is 6.65. The van der Waals surface area contributed by atoms with Crippen LogP contribution in [0.25, 0.3) is 10.9 Å². The largest absolute Gasteiger partial charge is 1.00 e. The predicted molar refractivity (Wildman–Crippen MR) is 63.7 cm³/mol. The van der Waals surface area contributed by atoms with Gasteiger partial charge in [0.15, 0.2) is 0 Å². The number of hydrogen-bond acceptors (Lipinski definition) is 4. The molecule has 0 saturated carbocycles. The molecule has 1 aromatic carbocycles. The van der Waals surface area contributed by atoms with Crippen molar-refractivity contribution in [3.63, 3.8) is 0 Å². The van der Waals surface area contributed by atoms with Crippen molar-refractivity contribution in [2.75, 3.05) is 0 Å². The Labute approximate surface area is 133 Å². The van der Waals surface area contributed by atoms with E-state index in [0.717, 1.165) is 6.07 Å². The Morgan fingerprint density at radius 3 is 2.65 bits per heavy atom. The average molecular weight is 373 g/mol.